The molecule has 19 heavy (non-hydrogen) atoms. The van der Waals surface area contributed by atoms with Gasteiger partial charge < -0.3 is 0 Å². The molecular weight excluding hydrogens is 240 g/mol. The maximum absolute atomic E-state index is 11.7. The molecule has 1 aliphatic carbocycles. The van der Waals surface area contributed by atoms with Gasteiger partial charge in [-0.05, 0) is 12.8 Å². The molecule has 2 aromatic rings. The van der Waals surface area contributed by atoms with Gasteiger partial charge in [-0.3, -0.25) is 4.98 Å². The molecule has 1 N–H and O–H groups in total. The second-order valence-electron chi connectivity index (χ2n) is 5.84. The molecule has 1 saturated carbocycles. The van der Waals surface area contributed by atoms with E-state index in [1.165, 1.54) is 42.9 Å². The Morgan fingerprint density at radius 3 is 2.58 bits per heavy atom. The first-order valence-corrected chi connectivity index (χ1v) is 7.13. The Bertz CT molecular complexity index is 620. The van der Waals surface area contributed by atoms with Gasteiger partial charge in [0.2, 0.25) is 0 Å². The number of nitrogens with zero attached hydrogens (tertiary/aromatic N) is 3. The Morgan fingerprint density at radius 1 is 1.21 bits per heavy atom. The third kappa shape index (κ3) is 2.29. The van der Waals surface area contributed by atoms with Crippen LogP contribution in [-0.2, 0) is 5.41 Å². The minimum atomic E-state index is -0.217. The standard InChI is InChI=1S/C14H20N4O/c1-14(7-5-3-2-4-6-8-14)11-9-12-15-10-16-13(19)18(12)17-11/h9-10H,2-8H2,1H3,(H,15,16,19). The molecule has 102 valence electrons. The third-order valence-corrected chi connectivity index (χ3v) is 4.34. The highest BCUT2D eigenvalue weighted by Crippen LogP contribution is 2.36. The van der Waals surface area contributed by atoms with Crippen LogP contribution in [-0.4, -0.2) is 19.6 Å². The lowest BCUT2D eigenvalue weighted by Gasteiger charge is -2.29. The third-order valence-electron chi connectivity index (χ3n) is 4.34. The van der Waals surface area contributed by atoms with Crippen LogP contribution >= 0.6 is 0 Å². The van der Waals surface area contributed by atoms with E-state index in [0.717, 1.165) is 18.5 Å². The van der Waals surface area contributed by atoms with Crippen molar-refractivity contribution in [1.29, 1.82) is 0 Å². The van der Waals surface area contributed by atoms with Crippen LogP contribution in [0.2, 0.25) is 0 Å². The van der Waals surface area contributed by atoms with Crippen molar-refractivity contribution in [3.05, 3.63) is 28.6 Å². The summed E-state index contributed by atoms with van der Waals surface area (Å²) >= 11 is 0. The van der Waals surface area contributed by atoms with Crippen LogP contribution in [0.3, 0.4) is 0 Å². The van der Waals surface area contributed by atoms with Gasteiger partial charge in [-0.15, -0.1) is 0 Å². The quantitative estimate of drug-likeness (QED) is 0.856. The topological polar surface area (TPSA) is 63.0 Å². The number of H-pyrrole nitrogens is 1. The molecule has 0 aliphatic heterocycles. The molecule has 0 unspecified atom stereocenters. The highest BCUT2D eigenvalue weighted by Gasteiger charge is 2.30. The van der Waals surface area contributed by atoms with Crippen molar-refractivity contribution in [2.45, 2.75) is 57.3 Å². The summed E-state index contributed by atoms with van der Waals surface area (Å²) < 4.78 is 1.37. The zero-order valence-electron chi connectivity index (χ0n) is 11.4. The van der Waals surface area contributed by atoms with Crippen molar-refractivity contribution in [3.63, 3.8) is 0 Å². The fraction of sp³-hybridized carbons (Fsp3) is 0.643. The van der Waals surface area contributed by atoms with Crippen molar-refractivity contribution < 1.29 is 0 Å². The zero-order valence-corrected chi connectivity index (χ0v) is 11.4. The van der Waals surface area contributed by atoms with Gasteiger partial charge in [0.15, 0.2) is 5.65 Å². The normalized spacial score (nSPS) is 20.1. The van der Waals surface area contributed by atoms with Crippen molar-refractivity contribution in [2.75, 3.05) is 0 Å². The second-order valence-corrected chi connectivity index (χ2v) is 5.84. The van der Waals surface area contributed by atoms with Gasteiger partial charge in [0.05, 0.1) is 12.0 Å². The van der Waals surface area contributed by atoms with Crippen LogP contribution in [0, 0.1) is 0 Å². The van der Waals surface area contributed by atoms with Crippen molar-refractivity contribution in [3.8, 4) is 0 Å². The number of hydrogen-bond donors (Lipinski definition) is 1. The van der Waals surface area contributed by atoms with Crippen LogP contribution in [0.25, 0.3) is 5.65 Å². The summed E-state index contributed by atoms with van der Waals surface area (Å²) in [6.45, 7) is 2.27. The highest BCUT2D eigenvalue weighted by molar-refractivity contribution is 5.39. The largest absolute Gasteiger partial charge is 0.349 e. The fourth-order valence-electron chi connectivity index (χ4n) is 3.06. The summed E-state index contributed by atoms with van der Waals surface area (Å²) in [6, 6.07) is 1.97. The van der Waals surface area contributed by atoms with E-state index in [1.54, 1.807) is 0 Å². The van der Waals surface area contributed by atoms with Crippen LogP contribution in [0.5, 0.6) is 0 Å². The van der Waals surface area contributed by atoms with Crippen molar-refractivity contribution in [2.24, 2.45) is 0 Å². The Labute approximate surface area is 112 Å². The first kappa shape index (κ1) is 12.4. The minimum Gasteiger partial charge on any atom is -0.296 e. The fourth-order valence-corrected chi connectivity index (χ4v) is 3.06. The van der Waals surface area contributed by atoms with E-state index in [1.807, 2.05) is 6.07 Å². The number of nitrogens with one attached hydrogen (secondary N) is 1. The van der Waals surface area contributed by atoms with E-state index in [-0.39, 0.29) is 11.1 Å². The molecule has 5 nitrogen and oxygen atoms in total. The number of hydrogen-bond acceptors (Lipinski definition) is 3. The van der Waals surface area contributed by atoms with E-state index in [2.05, 4.69) is 22.0 Å². The zero-order chi connectivity index (χ0) is 13.3. The SMILES string of the molecule is CC1(c2cc3nc[nH]c(=O)n3n2)CCCCCCC1. The van der Waals surface area contributed by atoms with Crippen LogP contribution < -0.4 is 5.69 Å². The number of rotatable bonds is 1. The van der Waals surface area contributed by atoms with Gasteiger partial charge in [0, 0.05) is 11.5 Å². The van der Waals surface area contributed by atoms with Gasteiger partial charge in [0.25, 0.3) is 0 Å². The van der Waals surface area contributed by atoms with Crippen molar-refractivity contribution >= 4 is 5.65 Å². The first-order valence-electron chi connectivity index (χ1n) is 7.13. The molecule has 0 atom stereocenters. The lowest BCUT2D eigenvalue weighted by Crippen LogP contribution is -2.25. The molecule has 3 rings (SSSR count). The molecule has 1 aliphatic rings. The Balaban J connectivity index is 2.01. The second kappa shape index (κ2) is 4.79. The molecule has 2 aromatic heterocycles. The predicted octanol–water partition coefficient (Wildman–Crippen LogP) is 2.42. The average molecular weight is 260 g/mol. The maximum Gasteiger partial charge on any atom is 0.349 e. The molecule has 2 heterocycles. The molecule has 5 heteroatoms. The molecule has 0 aromatic carbocycles. The van der Waals surface area contributed by atoms with Crippen LogP contribution in [0.4, 0.5) is 0 Å². The molecule has 0 radical (unpaired) electrons. The van der Waals surface area contributed by atoms with Gasteiger partial charge in [-0.25, -0.2) is 9.78 Å². The summed E-state index contributed by atoms with van der Waals surface area (Å²) in [5, 5.41) is 4.49. The molecule has 0 saturated heterocycles. The number of fused-ring (bicyclic) bond motifs is 1. The maximum atomic E-state index is 11.7. The Hall–Kier alpha value is -1.65. The summed E-state index contributed by atoms with van der Waals surface area (Å²) in [5.74, 6) is 0. The molecular formula is C14H20N4O. The highest BCUT2D eigenvalue weighted by atomic mass is 16.1. The summed E-state index contributed by atoms with van der Waals surface area (Å²) in [7, 11) is 0. The molecule has 1 fully saturated rings. The summed E-state index contributed by atoms with van der Waals surface area (Å²) in [4.78, 5) is 18.4. The first-order chi connectivity index (χ1) is 9.19. The van der Waals surface area contributed by atoms with E-state index in [0.29, 0.717) is 5.65 Å². The minimum absolute atomic E-state index is 0.0839. The molecule has 0 bridgehead atoms. The lowest BCUT2D eigenvalue weighted by molar-refractivity contribution is 0.332. The van der Waals surface area contributed by atoms with Crippen LogP contribution in [0.1, 0.15) is 57.6 Å². The monoisotopic (exact) mass is 260 g/mol. The number of aromatic nitrogens is 4. The average Bonchev–Trinajstić information content (AvgIpc) is 2.80. The van der Waals surface area contributed by atoms with Gasteiger partial charge in [-0.2, -0.15) is 9.61 Å². The van der Waals surface area contributed by atoms with E-state index < -0.39 is 0 Å². The van der Waals surface area contributed by atoms with E-state index >= 15 is 0 Å². The lowest BCUT2D eigenvalue weighted by atomic mass is 9.75. The van der Waals surface area contributed by atoms with Gasteiger partial charge in [-0.1, -0.05) is 39.0 Å². The Kier molecular flexibility index (Phi) is 3.12. The molecule has 0 spiro atoms. The Morgan fingerprint density at radius 2 is 1.89 bits per heavy atom. The summed E-state index contributed by atoms with van der Waals surface area (Å²) in [5.41, 5.74) is 1.52. The molecule has 0 amide bonds. The van der Waals surface area contributed by atoms with Gasteiger partial charge in [0.1, 0.15) is 0 Å². The van der Waals surface area contributed by atoms with Crippen LogP contribution in [0.15, 0.2) is 17.2 Å². The van der Waals surface area contributed by atoms with Crippen molar-refractivity contribution in [1.82, 2.24) is 19.6 Å². The smallest absolute Gasteiger partial charge is 0.296 e. The van der Waals surface area contributed by atoms with Gasteiger partial charge >= 0.3 is 5.69 Å². The van der Waals surface area contributed by atoms with E-state index in [4.69, 9.17) is 0 Å². The number of aromatic amines is 1. The van der Waals surface area contributed by atoms with E-state index in [9.17, 15) is 4.79 Å². The predicted molar refractivity (Wildman–Crippen MR) is 73.3 cm³/mol. The summed E-state index contributed by atoms with van der Waals surface area (Å²) in [6.07, 6.45) is 10.2.